The van der Waals surface area contributed by atoms with E-state index in [0.29, 0.717) is 71.3 Å². The number of hydrogen-bond acceptors (Lipinski definition) is 8. The smallest absolute Gasteiger partial charge is 0.410 e. The molecule has 434 valence electrons. The number of likely N-dealkylation sites (tertiary alicyclic amines) is 2. The second kappa shape index (κ2) is 21.0. The molecular formula is C70H96N2O8. The number of aliphatic hydroxyl groups is 1. The Kier molecular flexibility index (Phi) is 14.5. The Bertz CT molecular complexity index is 2740. The molecular weight excluding hydrogens is 997 g/mol. The Morgan fingerprint density at radius 1 is 0.588 bits per heavy atom. The second-order valence-electron chi connectivity index (χ2n) is 29.5. The molecule has 2 aromatic rings. The summed E-state index contributed by atoms with van der Waals surface area (Å²) in [5.41, 5.74) is 8.53. The van der Waals surface area contributed by atoms with Crippen LogP contribution in [0, 0.1) is 81.8 Å². The molecule has 2 amide bonds. The topological polar surface area (TPSA) is 115 Å². The van der Waals surface area contributed by atoms with Crippen LogP contribution >= 0.6 is 0 Å². The van der Waals surface area contributed by atoms with E-state index in [1.54, 1.807) is 11.1 Å². The van der Waals surface area contributed by atoms with Crippen molar-refractivity contribution in [3.8, 4) is 0 Å². The van der Waals surface area contributed by atoms with Crippen LogP contribution in [0.1, 0.15) is 182 Å². The van der Waals surface area contributed by atoms with Gasteiger partial charge < -0.3 is 33.9 Å². The number of amides is 2. The van der Waals surface area contributed by atoms with Crippen LogP contribution in [0.25, 0.3) is 0 Å². The summed E-state index contributed by atoms with van der Waals surface area (Å²) in [5, 5.41) is 10.4. The first-order valence-electron chi connectivity index (χ1n) is 32.3. The van der Waals surface area contributed by atoms with Crippen molar-refractivity contribution in [3.63, 3.8) is 0 Å². The fourth-order valence-electron chi connectivity index (χ4n) is 21.7. The molecule has 1 N–H and O–H groups in total. The third kappa shape index (κ3) is 8.94. The molecule has 2 aromatic carbocycles. The first kappa shape index (κ1) is 55.2. The predicted molar refractivity (Wildman–Crippen MR) is 310 cm³/mol. The van der Waals surface area contributed by atoms with Gasteiger partial charge in [-0.05, 0) is 209 Å². The quantitative estimate of drug-likeness (QED) is 0.301. The summed E-state index contributed by atoms with van der Waals surface area (Å²) in [6.45, 7) is 21.1. The average Bonchev–Trinajstić information content (AvgIpc) is 4.33. The van der Waals surface area contributed by atoms with Crippen LogP contribution in [-0.2, 0) is 37.0 Å². The number of carbonyl (C=O) groups excluding carboxylic acids is 3. The minimum absolute atomic E-state index is 0.0570. The molecule has 8 aliphatic carbocycles. The molecule has 4 saturated heterocycles. The van der Waals surface area contributed by atoms with Crippen molar-refractivity contribution in [2.24, 2.45) is 81.8 Å². The van der Waals surface area contributed by atoms with Crippen molar-refractivity contribution in [3.05, 3.63) is 94.1 Å². The molecule has 10 nitrogen and oxygen atoms in total. The number of allylic oxidation sites excluding steroid dienone is 2. The monoisotopic (exact) mass is 1090 g/mol. The number of rotatable bonds is 4. The summed E-state index contributed by atoms with van der Waals surface area (Å²) in [6, 6.07) is 20.1. The van der Waals surface area contributed by atoms with E-state index >= 15 is 0 Å². The molecule has 0 aromatic heterocycles. The molecule has 0 bridgehead atoms. The molecule has 4 aliphatic heterocycles. The summed E-state index contributed by atoms with van der Waals surface area (Å²) < 4.78 is 26.1. The standard InChI is InChI=1S/C35H49NO4.C35H47NO4/c2*1-21-16-31-32(36(19-21)33(38)39-20-24-8-6-5-7-9-24)23(3)35(40-31)15-13-27-28-11-10-25-17-26(37)12-14-34(25,4)30(28)18-29(27)22(35)2/h5-9,21,23,25-28,30-32,37H,10-20H2,1-4H3;5-9,21,23,25,27-28,30-32H,10-20H2,1-4H3/t21-,23+,25+,26-,27-,28?,30-,31+,32-,34-,35-;21-,23+,25+,27-,28?,30-,31+,32-,34-,35-/m00/s1. The lowest BCUT2D eigenvalue weighted by molar-refractivity contribution is -0.129. The van der Waals surface area contributed by atoms with Gasteiger partial charge in [0.05, 0.1) is 41.6 Å². The minimum atomic E-state index is -0.278. The Hall–Kier alpha value is -3.99. The lowest BCUT2D eigenvalue weighted by atomic mass is 9.52. The van der Waals surface area contributed by atoms with Crippen LogP contribution in [0.2, 0.25) is 0 Å². The SMILES string of the molecule is CC1=C2C[C@H]3C(CC[C@@H]4CC(=O)CC[C@@]43C)[C@@H]2CC[C@]12O[C@@H]1C[C@H](C)CN(C(=O)OCc3ccccc3)[C@H]1[C@H]2C.CC1=C2C[C@H]3C(CC[C@@H]4C[C@@H](O)CC[C@@]43C)[C@@H]2CC[C@]12O[C@@H]1C[C@H](C)CN(C(=O)OCc3ccccc3)[C@H]1[C@H]2C. The van der Waals surface area contributed by atoms with Crippen LogP contribution in [0.15, 0.2) is 83.0 Å². The summed E-state index contributed by atoms with van der Waals surface area (Å²) in [5.74, 6) is 7.38. The highest BCUT2D eigenvalue weighted by Gasteiger charge is 2.65. The largest absolute Gasteiger partial charge is 0.445 e. The van der Waals surface area contributed by atoms with Gasteiger partial charge in [0.1, 0.15) is 19.0 Å². The van der Waals surface area contributed by atoms with Gasteiger partial charge >= 0.3 is 12.2 Å². The van der Waals surface area contributed by atoms with E-state index in [4.69, 9.17) is 18.9 Å². The maximum Gasteiger partial charge on any atom is 0.410 e. The highest BCUT2D eigenvalue weighted by Crippen LogP contribution is 2.69. The van der Waals surface area contributed by atoms with Gasteiger partial charge in [0.15, 0.2) is 0 Å². The zero-order chi connectivity index (χ0) is 55.6. The lowest BCUT2D eigenvalue weighted by Gasteiger charge is -2.53. The van der Waals surface area contributed by atoms with E-state index < -0.39 is 0 Å². The van der Waals surface area contributed by atoms with E-state index in [1.165, 1.54) is 68.9 Å². The minimum Gasteiger partial charge on any atom is -0.445 e. The molecule has 12 aliphatic rings. The number of fused-ring (bicyclic) bond motifs is 12. The normalized spacial score (nSPS) is 45.1. The van der Waals surface area contributed by atoms with Crippen LogP contribution in [0.3, 0.4) is 0 Å². The van der Waals surface area contributed by atoms with Crippen LogP contribution in [-0.4, -0.2) is 87.6 Å². The van der Waals surface area contributed by atoms with Crippen LogP contribution < -0.4 is 0 Å². The predicted octanol–water partition coefficient (Wildman–Crippen LogP) is 14.5. The van der Waals surface area contributed by atoms with Gasteiger partial charge in [0, 0.05) is 37.8 Å². The van der Waals surface area contributed by atoms with Gasteiger partial charge in [-0.15, -0.1) is 0 Å². The number of Topliss-reactive ketones (excluding diaryl/α,β-unsaturated/α-hetero) is 1. The first-order chi connectivity index (χ1) is 38.4. The Morgan fingerprint density at radius 3 is 1.54 bits per heavy atom. The zero-order valence-corrected chi connectivity index (χ0v) is 49.8. The van der Waals surface area contributed by atoms with Crippen LogP contribution in [0.5, 0.6) is 0 Å². The third-order valence-corrected chi connectivity index (χ3v) is 25.8. The number of piperidine rings is 2. The van der Waals surface area contributed by atoms with Gasteiger partial charge in [-0.2, -0.15) is 0 Å². The van der Waals surface area contributed by atoms with Crippen molar-refractivity contribution >= 4 is 18.0 Å². The molecule has 21 atom stereocenters. The van der Waals surface area contributed by atoms with Crippen molar-refractivity contribution in [1.82, 2.24) is 9.80 Å². The maximum absolute atomic E-state index is 13.5. The van der Waals surface area contributed by atoms with Gasteiger partial charge in [-0.25, -0.2) is 9.59 Å². The average molecular weight is 1090 g/mol. The summed E-state index contributed by atoms with van der Waals surface area (Å²) in [4.78, 5) is 43.4. The fraction of sp³-hybridized carbons (Fsp3) is 0.729. The number of ketones is 1. The maximum atomic E-state index is 13.5. The van der Waals surface area contributed by atoms with Crippen LogP contribution in [0.4, 0.5) is 9.59 Å². The third-order valence-electron chi connectivity index (χ3n) is 25.8. The number of aliphatic hydroxyl groups excluding tert-OH is 1. The number of nitrogens with zero attached hydrogens (tertiary/aromatic N) is 2. The first-order valence-corrected chi connectivity index (χ1v) is 32.3. The number of carbonyl (C=O) groups is 3. The molecule has 6 saturated carbocycles. The summed E-state index contributed by atoms with van der Waals surface area (Å²) in [6.07, 6.45) is 19.6. The van der Waals surface area contributed by atoms with Crippen molar-refractivity contribution in [2.75, 3.05) is 13.1 Å². The number of benzene rings is 2. The van der Waals surface area contributed by atoms with Gasteiger partial charge in [0.2, 0.25) is 0 Å². The highest BCUT2D eigenvalue weighted by atomic mass is 16.6. The number of hydrogen-bond donors (Lipinski definition) is 1. The molecule has 0 radical (unpaired) electrons. The molecule has 4 heterocycles. The number of ether oxygens (including phenoxy) is 4. The summed E-state index contributed by atoms with van der Waals surface area (Å²) in [7, 11) is 0. The van der Waals surface area contributed by atoms with E-state index in [2.05, 4.69) is 55.4 Å². The molecule has 10 heteroatoms. The summed E-state index contributed by atoms with van der Waals surface area (Å²) >= 11 is 0. The van der Waals surface area contributed by atoms with E-state index in [9.17, 15) is 19.5 Å². The van der Waals surface area contributed by atoms with Gasteiger partial charge in [0.25, 0.3) is 0 Å². The van der Waals surface area contributed by atoms with Gasteiger partial charge in [-0.3, -0.25) is 4.79 Å². The molecule has 10 fully saturated rings. The zero-order valence-electron chi connectivity index (χ0n) is 49.8. The van der Waals surface area contributed by atoms with Crippen molar-refractivity contribution in [1.29, 1.82) is 0 Å². The van der Waals surface area contributed by atoms with Crippen molar-refractivity contribution < 1.29 is 38.4 Å². The molecule has 2 unspecified atom stereocenters. The van der Waals surface area contributed by atoms with Crippen molar-refractivity contribution in [2.45, 2.75) is 226 Å². The Labute approximate surface area is 478 Å². The fourth-order valence-corrected chi connectivity index (χ4v) is 21.7. The Balaban J connectivity index is 0.000000151. The van der Waals surface area contributed by atoms with E-state index in [0.717, 1.165) is 99.8 Å². The second-order valence-corrected chi connectivity index (χ2v) is 29.5. The van der Waals surface area contributed by atoms with E-state index in [-0.39, 0.29) is 65.6 Å². The van der Waals surface area contributed by atoms with E-state index in [1.807, 2.05) is 70.5 Å². The molecule has 14 rings (SSSR count). The highest BCUT2D eigenvalue weighted by molar-refractivity contribution is 5.79. The van der Waals surface area contributed by atoms with Gasteiger partial charge in [-0.1, -0.05) is 113 Å². The lowest BCUT2D eigenvalue weighted by Crippen LogP contribution is -2.54. The Morgan fingerprint density at radius 2 is 1.05 bits per heavy atom. The molecule has 80 heavy (non-hydrogen) atoms. The molecule has 2 spiro atoms.